The Balaban J connectivity index is 2.90. The summed E-state index contributed by atoms with van der Waals surface area (Å²) >= 11 is 5.88. The van der Waals surface area contributed by atoms with Crippen LogP contribution in [0, 0.1) is 6.92 Å². The van der Waals surface area contributed by atoms with Gasteiger partial charge in [0.1, 0.15) is 0 Å². The van der Waals surface area contributed by atoms with E-state index in [1.807, 2.05) is 19.9 Å². The standard InChI is InChI=1S/C10H12ClNO/c1-3-12-10(13)8-5-4-7(2)9(11)6-8/h4-6H,3H2,1-2H3,(H,12,13). The van der Waals surface area contributed by atoms with Gasteiger partial charge in [0.15, 0.2) is 0 Å². The van der Waals surface area contributed by atoms with Crippen molar-refractivity contribution in [2.24, 2.45) is 0 Å². The summed E-state index contributed by atoms with van der Waals surface area (Å²) in [5.74, 6) is -0.0793. The highest BCUT2D eigenvalue weighted by molar-refractivity contribution is 6.31. The van der Waals surface area contributed by atoms with Crippen LogP contribution in [0.3, 0.4) is 0 Å². The van der Waals surface area contributed by atoms with Gasteiger partial charge in [0.05, 0.1) is 0 Å². The Hall–Kier alpha value is -1.02. The summed E-state index contributed by atoms with van der Waals surface area (Å²) in [6, 6.07) is 5.29. The van der Waals surface area contributed by atoms with E-state index in [4.69, 9.17) is 11.6 Å². The summed E-state index contributed by atoms with van der Waals surface area (Å²) in [7, 11) is 0. The van der Waals surface area contributed by atoms with E-state index in [9.17, 15) is 4.79 Å². The van der Waals surface area contributed by atoms with Gasteiger partial charge in [0.2, 0.25) is 0 Å². The minimum atomic E-state index is -0.0793. The lowest BCUT2D eigenvalue weighted by atomic mass is 10.1. The molecule has 70 valence electrons. The quantitative estimate of drug-likeness (QED) is 0.775. The van der Waals surface area contributed by atoms with E-state index in [0.717, 1.165) is 5.56 Å². The van der Waals surface area contributed by atoms with Crippen LogP contribution in [0.2, 0.25) is 5.02 Å². The molecule has 0 aromatic heterocycles. The normalized spacial score (nSPS) is 9.77. The lowest BCUT2D eigenvalue weighted by Crippen LogP contribution is -2.22. The number of benzene rings is 1. The van der Waals surface area contributed by atoms with Crippen LogP contribution in [0.4, 0.5) is 0 Å². The van der Waals surface area contributed by atoms with E-state index < -0.39 is 0 Å². The summed E-state index contributed by atoms with van der Waals surface area (Å²) in [6.45, 7) is 4.42. The van der Waals surface area contributed by atoms with Crippen LogP contribution in [0.15, 0.2) is 18.2 Å². The molecule has 0 radical (unpaired) electrons. The third kappa shape index (κ3) is 2.46. The van der Waals surface area contributed by atoms with Crippen molar-refractivity contribution in [1.29, 1.82) is 0 Å². The predicted molar refractivity (Wildman–Crippen MR) is 54.2 cm³/mol. The topological polar surface area (TPSA) is 29.1 Å². The van der Waals surface area contributed by atoms with Crippen LogP contribution in [-0.2, 0) is 0 Å². The second-order valence-corrected chi connectivity index (χ2v) is 3.23. The van der Waals surface area contributed by atoms with Crippen molar-refractivity contribution in [3.05, 3.63) is 34.3 Å². The molecule has 2 nitrogen and oxygen atoms in total. The number of carbonyl (C=O) groups is 1. The molecule has 0 atom stereocenters. The monoisotopic (exact) mass is 197 g/mol. The Bertz CT molecular complexity index is 323. The third-order valence-corrected chi connectivity index (χ3v) is 2.18. The molecule has 0 aliphatic rings. The van der Waals surface area contributed by atoms with E-state index in [0.29, 0.717) is 17.1 Å². The largest absolute Gasteiger partial charge is 0.352 e. The summed E-state index contributed by atoms with van der Waals surface area (Å²) in [5, 5.41) is 3.34. The van der Waals surface area contributed by atoms with Crippen molar-refractivity contribution >= 4 is 17.5 Å². The second kappa shape index (κ2) is 4.28. The van der Waals surface area contributed by atoms with Crippen LogP contribution in [0.25, 0.3) is 0 Å². The number of hydrogen-bond donors (Lipinski definition) is 1. The highest BCUT2D eigenvalue weighted by Gasteiger charge is 2.04. The number of nitrogens with one attached hydrogen (secondary N) is 1. The molecule has 1 amide bonds. The minimum Gasteiger partial charge on any atom is -0.352 e. The highest BCUT2D eigenvalue weighted by Crippen LogP contribution is 2.16. The molecule has 0 saturated carbocycles. The highest BCUT2D eigenvalue weighted by atomic mass is 35.5. The van der Waals surface area contributed by atoms with Crippen LogP contribution >= 0.6 is 11.6 Å². The minimum absolute atomic E-state index is 0.0793. The summed E-state index contributed by atoms with van der Waals surface area (Å²) < 4.78 is 0. The first kappa shape index (κ1) is 10.1. The van der Waals surface area contributed by atoms with Gasteiger partial charge in [-0.05, 0) is 31.5 Å². The molecule has 1 N–H and O–H groups in total. The second-order valence-electron chi connectivity index (χ2n) is 2.82. The van der Waals surface area contributed by atoms with Crippen LogP contribution in [0.5, 0.6) is 0 Å². The van der Waals surface area contributed by atoms with Gasteiger partial charge in [-0.3, -0.25) is 4.79 Å². The maximum absolute atomic E-state index is 11.3. The first-order valence-electron chi connectivity index (χ1n) is 4.19. The molecule has 0 saturated heterocycles. The average molecular weight is 198 g/mol. The van der Waals surface area contributed by atoms with Gasteiger partial charge in [-0.15, -0.1) is 0 Å². The molecular weight excluding hydrogens is 186 g/mol. The molecule has 1 rings (SSSR count). The van der Waals surface area contributed by atoms with Gasteiger partial charge < -0.3 is 5.32 Å². The molecule has 0 aliphatic heterocycles. The maximum Gasteiger partial charge on any atom is 0.251 e. The zero-order valence-corrected chi connectivity index (χ0v) is 8.48. The van der Waals surface area contributed by atoms with Gasteiger partial charge in [0.25, 0.3) is 5.91 Å². The van der Waals surface area contributed by atoms with Crippen molar-refractivity contribution in [2.45, 2.75) is 13.8 Å². The Morgan fingerprint density at radius 1 is 1.54 bits per heavy atom. The molecule has 0 heterocycles. The van der Waals surface area contributed by atoms with Gasteiger partial charge in [-0.2, -0.15) is 0 Å². The number of aryl methyl sites for hydroxylation is 1. The van der Waals surface area contributed by atoms with E-state index in [1.165, 1.54) is 0 Å². The summed E-state index contributed by atoms with van der Waals surface area (Å²) in [6.07, 6.45) is 0. The molecule has 0 fully saturated rings. The first-order valence-corrected chi connectivity index (χ1v) is 4.57. The zero-order chi connectivity index (χ0) is 9.84. The number of carbonyl (C=O) groups excluding carboxylic acids is 1. The maximum atomic E-state index is 11.3. The number of halogens is 1. The lowest BCUT2D eigenvalue weighted by Gasteiger charge is -2.03. The van der Waals surface area contributed by atoms with Gasteiger partial charge >= 0.3 is 0 Å². The fraction of sp³-hybridized carbons (Fsp3) is 0.300. The Kier molecular flexibility index (Phi) is 3.32. The van der Waals surface area contributed by atoms with Crippen LogP contribution < -0.4 is 5.32 Å². The fourth-order valence-electron chi connectivity index (χ4n) is 0.997. The molecule has 3 heteroatoms. The molecule has 0 unspecified atom stereocenters. The van der Waals surface area contributed by atoms with E-state index in [1.54, 1.807) is 12.1 Å². The van der Waals surface area contributed by atoms with Crippen molar-refractivity contribution in [3.63, 3.8) is 0 Å². The van der Waals surface area contributed by atoms with E-state index >= 15 is 0 Å². The lowest BCUT2D eigenvalue weighted by molar-refractivity contribution is 0.0956. The summed E-state index contributed by atoms with van der Waals surface area (Å²) in [5.41, 5.74) is 1.59. The number of rotatable bonds is 2. The number of amides is 1. The Labute approximate surface area is 82.9 Å². The first-order chi connectivity index (χ1) is 6.15. The van der Waals surface area contributed by atoms with Crippen molar-refractivity contribution < 1.29 is 4.79 Å². The smallest absolute Gasteiger partial charge is 0.251 e. The zero-order valence-electron chi connectivity index (χ0n) is 7.73. The van der Waals surface area contributed by atoms with Crippen LogP contribution in [0.1, 0.15) is 22.8 Å². The molecular formula is C10H12ClNO. The van der Waals surface area contributed by atoms with Crippen molar-refractivity contribution in [2.75, 3.05) is 6.54 Å². The van der Waals surface area contributed by atoms with Crippen molar-refractivity contribution in [3.8, 4) is 0 Å². The van der Waals surface area contributed by atoms with Gasteiger partial charge in [-0.25, -0.2) is 0 Å². The summed E-state index contributed by atoms with van der Waals surface area (Å²) in [4.78, 5) is 11.3. The van der Waals surface area contributed by atoms with E-state index in [-0.39, 0.29) is 5.91 Å². The number of hydrogen-bond acceptors (Lipinski definition) is 1. The molecule has 0 spiro atoms. The molecule has 0 aliphatic carbocycles. The van der Waals surface area contributed by atoms with Crippen molar-refractivity contribution in [1.82, 2.24) is 5.32 Å². The molecule has 1 aromatic carbocycles. The Morgan fingerprint density at radius 3 is 2.77 bits per heavy atom. The van der Waals surface area contributed by atoms with Gasteiger partial charge in [-0.1, -0.05) is 17.7 Å². The third-order valence-electron chi connectivity index (χ3n) is 1.77. The molecule has 0 bridgehead atoms. The average Bonchev–Trinajstić information content (AvgIpc) is 2.10. The van der Waals surface area contributed by atoms with Crippen LogP contribution in [-0.4, -0.2) is 12.5 Å². The molecule has 1 aromatic rings. The fourth-order valence-corrected chi connectivity index (χ4v) is 1.18. The van der Waals surface area contributed by atoms with Gasteiger partial charge in [0, 0.05) is 17.1 Å². The Morgan fingerprint density at radius 2 is 2.23 bits per heavy atom. The predicted octanol–water partition coefficient (Wildman–Crippen LogP) is 2.40. The SMILES string of the molecule is CCNC(=O)c1ccc(C)c(Cl)c1. The van der Waals surface area contributed by atoms with E-state index in [2.05, 4.69) is 5.32 Å². The molecule has 13 heavy (non-hydrogen) atoms.